The minimum Gasteiger partial charge on any atom is -0.408 e. The Labute approximate surface area is 104 Å². The number of benzene rings is 1. The van der Waals surface area contributed by atoms with Crippen molar-refractivity contribution in [1.82, 2.24) is 10.3 Å². The van der Waals surface area contributed by atoms with Gasteiger partial charge in [0, 0.05) is 12.0 Å². The monoisotopic (exact) mass is 254 g/mol. The Kier molecular flexibility index (Phi) is 3.26. The van der Waals surface area contributed by atoms with Crippen molar-refractivity contribution < 1.29 is 4.42 Å². The average Bonchev–Trinajstić information content (AvgIpc) is 2.65. The average molecular weight is 255 g/mol. The molecule has 2 rings (SSSR count). The van der Waals surface area contributed by atoms with Gasteiger partial charge in [-0.15, -0.1) is 11.6 Å². The first-order valence-corrected chi connectivity index (χ1v) is 5.96. The molecule has 0 aliphatic carbocycles. The molecule has 0 bridgehead atoms. The van der Waals surface area contributed by atoms with Gasteiger partial charge in [-0.25, -0.2) is 4.79 Å². The van der Waals surface area contributed by atoms with Crippen LogP contribution in [0.2, 0.25) is 0 Å². The molecule has 5 heteroatoms. The minimum absolute atomic E-state index is 0.0583. The number of H-pyrrole nitrogens is 1. The van der Waals surface area contributed by atoms with Crippen LogP contribution < -0.4 is 11.1 Å². The molecule has 17 heavy (non-hydrogen) atoms. The Bertz CT molecular complexity index is 571. The van der Waals surface area contributed by atoms with Crippen LogP contribution in [0.1, 0.15) is 19.4 Å². The number of halogens is 1. The molecule has 2 N–H and O–H groups in total. The second kappa shape index (κ2) is 4.55. The van der Waals surface area contributed by atoms with Crippen LogP contribution in [0.4, 0.5) is 0 Å². The number of rotatable bonds is 4. The molecule has 0 aliphatic rings. The number of oxazole rings is 1. The van der Waals surface area contributed by atoms with Crippen molar-refractivity contribution in [2.24, 2.45) is 0 Å². The van der Waals surface area contributed by atoms with Crippen LogP contribution in [0.15, 0.2) is 27.4 Å². The van der Waals surface area contributed by atoms with E-state index in [9.17, 15) is 4.79 Å². The third-order valence-electron chi connectivity index (χ3n) is 2.86. The lowest BCUT2D eigenvalue weighted by Crippen LogP contribution is -2.32. The van der Waals surface area contributed by atoms with Crippen LogP contribution >= 0.6 is 11.6 Å². The van der Waals surface area contributed by atoms with Crippen LogP contribution in [0.5, 0.6) is 0 Å². The molecule has 0 saturated carbocycles. The van der Waals surface area contributed by atoms with Crippen LogP contribution in [-0.4, -0.2) is 17.5 Å². The first-order valence-electron chi connectivity index (χ1n) is 5.43. The van der Waals surface area contributed by atoms with Crippen LogP contribution in [0, 0.1) is 0 Å². The van der Waals surface area contributed by atoms with Crippen molar-refractivity contribution in [1.29, 1.82) is 0 Å². The predicted molar refractivity (Wildman–Crippen MR) is 68.6 cm³/mol. The molecule has 2 aromatic rings. The zero-order valence-corrected chi connectivity index (χ0v) is 10.6. The summed E-state index contributed by atoms with van der Waals surface area (Å²) in [6.07, 6.45) is 0. The molecule has 1 aromatic carbocycles. The molecule has 92 valence electrons. The molecule has 0 saturated heterocycles. The number of fused-ring (bicyclic) bond motifs is 1. The van der Waals surface area contributed by atoms with E-state index in [0.717, 1.165) is 17.6 Å². The fourth-order valence-electron chi connectivity index (χ4n) is 1.83. The number of aromatic nitrogens is 1. The van der Waals surface area contributed by atoms with Gasteiger partial charge in [-0.1, -0.05) is 19.9 Å². The Morgan fingerprint density at radius 2 is 2.24 bits per heavy atom. The van der Waals surface area contributed by atoms with Gasteiger partial charge in [0.15, 0.2) is 5.58 Å². The molecular formula is C12H15ClN2O2. The molecule has 0 unspecified atom stereocenters. The van der Waals surface area contributed by atoms with E-state index in [1.165, 1.54) is 0 Å². The van der Waals surface area contributed by atoms with E-state index < -0.39 is 5.76 Å². The number of hydrogen-bond donors (Lipinski definition) is 2. The van der Waals surface area contributed by atoms with Crippen molar-refractivity contribution in [2.75, 3.05) is 12.5 Å². The van der Waals surface area contributed by atoms with Gasteiger partial charge in [0.25, 0.3) is 0 Å². The number of alkyl halides is 1. The highest BCUT2D eigenvalue weighted by molar-refractivity contribution is 6.17. The van der Waals surface area contributed by atoms with Gasteiger partial charge in [-0.3, -0.25) is 4.98 Å². The summed E-state index contributed by atoms with van der Waals surface area (Å²) in [7, 11) is 0. The molecule has 4 nitrogen and oxygen atoms in total. The fraction of sp³-hybridized carbons (Fsp3) is 0.417. The standard InChI is InChI=1S/C12H15ClN2O2/c1-12(2,6-14-7-13)8-3-4-10-9(5-8)15-11(16)17-10/h3-5,14H,6-7H2,1-2H3,(H,15,16). The van der Waals surface area contributed by atoms with E-state index >= 15 is 0 Å². The summed E-state index contributed by atoms with van der Waals surface area (Å²) in [5.74, 6) is -0.422. The van der Waals surface area contributed by atoms with Gasteiger partial charge < -0.3 is 9.73 Å². The molecule has 0 radical (unpaired) electrons. The summed E-state index contributed by atoms with van der Waals surface area (Å²) in [4.78, 5) is 13.7. The van der Waals surface area contributed by atoms with Crippen molar-refractivity contribution in [3.63, 3.8) is 0 Å². The van der Waals surface area contributed by atoms with Crippen LogP contribution in [0.25, 0.3) is 11.1 Å². The van der Waals surface area contributed by atoms with Crippen molar-refractivity contribution in [3.05, 3.63) is 34.3 Å². The number of hydrogen-bond acceptors (Lipinski definition) is 3. The Hall–Kier alpha value is -1.26. The van der Waals surface area contributed by atoms with E-state index in [0.29, 0.717) is 11.6 Å². The smallest absolute Gasteiger partial charge is 0.408 e. The molecule has 0 amide bonds. The van der Waals surface area contributed by atoms with Gasteiger partial charge >= 0.3 is 5.76 Å². The summed E-state index contributed by atoms with van der Waals surface area (Å²) >= 11 is 5.62. The van der Waals surface area contributed by atoms with Crippen molar-refractivity contribution in [2.45, 2.75) is 19.3 Å². The quantitative estimate of drug-likeness (QED) is 0.650. The number of nitrogens with one attached hydrogen (secondary N) is 2. The van der Waals surface area contributed by atoms with E-state index in [4.69, 9.17) is 16.0 Å². The number of aromatic amines is 1. The zero-order valence-electron chi connectivity index (χ0n) is 9.84. The maximum atomic E-state index is 11.1. The molecular weight excluding hydrogens is 240 g/mol. The van der Waals surface area contributed by atoms with Gasteiger partial charge in [-0.05, 0) is 17.7 Å². The SMILES string of the molecule is CC(C)(CNCCl)c1ccc2oc(=O)[nH]c2c1. The molecule has 1 heterocycles. The highest BCUT2D eigenvalue weighted by Crippen LogP contribution is 2.25. The molecule has 0 fully saturated rings. The summed E-state index contributed by atoms with van der Waals surface area (Å²) in [5, 5.41) is 3.11. The summed E-state index contributed by atoms with van der Waals surface area (Å²) < 4.78 is 4.97. The highest BCUT2D eigenvalue weighted by Gasteiger charge is 2.20. The van der Waals surface area contributed by atoms with E-state index in [1.807, 2.05) is 18.2 Å². The molecule has 0 atom stereocenters. The second-order valence-electron chi connectivity index (χ2n) is 4.67. The summed E-state index contributed by atoms with van der Waals surface area (Å²) in [6, 6.07) is 6.14. The third-order valence-corrected chi connectivity index (χ3v) is 3.05. The second-order valence-corrected chi connectivity index (χ2v) is 4.94. The zero-order chi connectivity index (χ0) is 12.5. The minimum atomic E-state index is -0.422. The summed E-state index contributed by atoms with van der Waals surface area (Å²) in [6.45, 7) is 5.00. The Balaban J connectivity index is 2.37. The first kappa shape index (κ1) is 12.2. The van der Waals surface area contributed by atoms with Gasteiger partial charge in [0.1, 0.15) is 0 Å². The lowest BCUT2D eigenvalue weighted by atomic mass is 9.84. The topological polar surface area (TPSA) is 58.0 Å². The molecule has 0 spiro atoms. The van der Waals surface area contributed by atoms with Gasteiger partial charge in [-0.2, -0.15) is 0 Å². The van der Waals surface area contributed by atoms with E-state index in [2.05, 4.69) is 24.1 Å². The first-order chi connectivity index (χ1) is 8.03. The van der Waals surface area contributed by atoms with Gasteiger partial charge in [0.2, 0.25) is 0 Å². The third kappa shape index (κ3) is 2.53. The largest absolute Gasteiger partial charge is 0.417 e. The van der Waals surface area contributed by atoms with Gasteiger partial charge in [0.05, 0.1) is 11.5 Å². The van der Waals surface area contributed by atoms with Crippen LogP contribution in [0.3, 0.4) is 0 Å². The maximum Gasteiger partial charge on any atom is 0.417 e. The molecule has 0 aliphatic heterocycles. The van der Waals surface area contributed by atoms with E-state index in [1.54, 1.807) is 0 Å². The lowest BCUT2D eigenvalue weighted by Gasteiger charge is -2.25. The van der Waals surface area contributed by atoms with E-state index in [-0.39, 0.29) is 5.41 Å². The van der Waals surface area contributed by atoms with Crippen molar-refractivity contribution >= 4 is 22.7 Å². The normalized spacial score (nSPS) is 12.2. The Morgan fingerprint density at radius 1 is 1.47 bits per heavy atom. The predicted octanol–water partition coefficient (Wildman–Crippen LogP) is 2.18. The molecule has 1 aromatic heterocycles. The highest BCUT2D eigenvalue weighted by atomic mass is 35.5. The fourth-order valence-corrected chi connectivity index (χ4v) is 1.93. The lowest BCUT2D eigenvalue weighted by molar-refractivity contribution is 0.489. The van der Waals surface area contributed by atoms with Crippen LogP contribution in [-0.2, 0) is 5.41 Å². The maximum absolute atomic E-state index is 11.1. The summed E-state index contributed by atoms with van der Waals surface area (Å²) in [5.41, 5.74) is 2.38. The van der Waals surface area contributed by atoms with Crippen molar-refractivity contribution in [3.8, 4) is 0 Å². The Morgan fingerprint density at radius 3 is 2.94 bits per heavy atom.